The minimum atomic E-state index is 0.992. The fraction of sp³-hybridized carbons (Fsp3) is 0. The molecule has 0 atom stereocenters. The van der Waals surface area contributed by atoms with Crippen molar-refractivity contribution in [3.05, 3.63) is 279 Å². The van der Waals surface area contributed by atoms with E-state index < -0.39 is 0 Å². The molecule has 0 amide bonds. The summed E-state index contributed by atoms with van der Waals surface area (Å²) in [6, 6.07) is 102. The molecule has 0 bridgehead atoms. The molecule has 0 N–H and O–H groups in total. The molecule has 0 aliphatic carbocycles. The summed E-state index contributed by atoms with van der Waals surface area (Å²) in [4.78, 5) is 5.56. The molecule has 364 valence electrons. The van der Waals surface area contributed by atoms with E-state index in [0.29, 0.717) is 0 Å². The molecule has 16 rings (SSSR count). The third-order valence-electron chi connectivity index (χ3n) is 15.9. The topological polar surface area (TPSA) is 27.7 Å². The van der Waals surface area contributed by atoms with Crippen molar-refractivity contribution in [2.75, 3.05) is 0 Å². The fourth-order valence-electron chi connectivity index (χ4n) is 12.2. The summed E-state index contributed by atoms with van der Waals surface area (Å²) < 4.78 is 8.28. The van der Waals surface area contributed by atoms with E-state index in [1.54, 1.807) is 11.3 Å². The predicted octanol–water partition coefficient (Wildman–Crippen LogP) is 19.9. The van der Waals surface area contributed by atoms with Crippen molar-refractivity contribution in [2.45, 2.75) is 0 Å². The average molecular weight is 1010 g/mol. The summed E-state index contributed by atoms with van der Waals surface area (Å²) in [5.41, 5.74) is 22.1. The standard InChI is InChI=1S/C73H46N4S/c1-3-15-54(16-4-1)75-67-25-13-9-21-61(67)63-45-52(37-43-69(63)75)47-27-31-49(32-28-47)57-41-42-58(50-33-29-48(30-34-50)53-38-44-70-64(46-53)62-22-10-14-26-68(62)76(70)55-17-5-2-6-18-55)72-71(57)74-73(78-72)51-35-39-56(40-36-51)77-65-23-11-7-19-59(65)60-20-8-12-24-66(60)77/h1-46H. The van der Waals surface area contributed by atoms with Crippen molar-refractivity contribution in [3.63, 3.8) is 0 Å². The van der Waals surface area contributed by atoms with Gasteiger partial charge < -0.3 is 13.7 Å². The van der Waals surface area contributed by atoms with Crippen LogP contribution in [0, 0.1) is 0 Å². The van der Waals surface area contributed by atoms with E-state index in [9.17, 15) is 0 Å². The second-order valence-electron chi connectivity index (χ2n) is 20.3. The Kier molecular flexibility index (Phi) is 10.1. The Morgan fingerprint density at radius 2 is 0.577 bits per heavy atom. The highest BCUT2D eigenvalue weighted by Gasteiger charge is 2.20. The molecule has 16 aromatic rings. The van der Waals surface area contributed by atoms with Gasteiger partial charge in [0.25, 0.3) is 0 Å². The molecule has 4 nitrogen and oxygen atoms in total. The Morgan fingerprint density at radius 1 is 0.244 bits per heavy atom. The highest BCUT2D eigenvalue weighted by molar-refractivity contribution is 7.22. The van der Waals surface area contributed by atoms with Gasteiger partial charge in [-0.25, -0.2) is 4.98 Å². The van der Waals surface area contributed by atoms with Crippen LogP contribution in [0.25, 0.3) is 148 Å². The molecule has 12 aromatic carbocycles. The third kappa shape index (κ3) is 7.02. The number of rotatable bonds is 8. The molecular formula is C73H46N4S. The maximum atomic E-state index is 5.56. The van der Waals surface area contributed by atoms with Crippen molar-refractivity contribution in [2.24, 2.45) is 0 Å². The lowest BCUT2D eigenvalue weighted by Crippen LogP contribution is -1.93. The molecule has 0 unspecified atom stereocenters. The molecule has 0 fully saturated rings. The van der Waals surface area contributed by atoms with Crippen LogP contribution in [0.2, 0.25) is 0 Å². The number of para-hydroxylation sites is 6. The Labute approximate surface area is 454 Å². The largest absolute Gasteiger partial charge is 0.309 e. The molecule has 0 saturated heterocycles. The summed E-state index contributed by atoms with van der Waals surface area (Å²) >= 11 is 1.77. The maximum Gasteiger partial charge on any atom is 0.124 e. The van der Waals surface area contributed by atoms with Crippen LogP contribution in [0.1, 0.15) is 0 Å². The van der Waals surface area contributed by atoms with Gasteiger partial charge in [-0.2, -0.15) is 0 Å². The van der Waals surface area contributed by atoms with Gasteiger partial charge in [0.05, 0.1) is 43.3 Å². The summed E-state index contributed by atoms with van der Waals surface area (Å²) in [7, 11) is 0. The van der Waals surface area contributed by atoms with Crippen LogP contribution in [0.5, 0.6) is 0 Å². The number of fused-ring (bicyclic) bond motifs is 10. The lowest BCUT2D eigenvalue weighted by Gasteiger charge is -2.11. The maximum absolute atomic E-state index is 5.56. The van der Waals surface area contributed by atoms with Gasteiger partial charge in [-0.05, 0) is 130 Å². The second-order valence-corrected chi connectivity index (χ2v) is 21.3. The van der Waals surface area contributed by atoms with Crippen molar-refractivity contribution < 1.29 is 0 Å². The van der Waals surface area contributed by atoms with Gasteiger partial charge in [0, 0.05) is 66.1 Å². The van der Waals surface area contributed by atoms with Crippen LogP contribution in [-0.2, 0) is 0 Å². The van der Waals surface area contributed by atoms with E-state index in [0.717, 1.165) is 49.8 Å². The highest BCUT2D eigenvalue weighted by Crippen LogP contribution is 2.44. The minimum absolute atomic E-state index is 0.992. The number of hydrogen-bond acceptors (Lipinski definition) is 2. The molecule has 78 heavy (non-hydrogen) atoms. The highest BCUT2D eigenvalue weighted by atomic mass is 32.1. The van der Waals surface area contributed by atoms with Gasteiger partial charge in [0.15, 0.2) is 0 Å². The van der Waals surface area contributed by atoms with Crippen molar-refractivity contribution in [3.8, 4) is 72.1 Å². The van der Waals surface area contributed by atoms with Crippen LogP contribution >= 0.6 is 11.3 Å². The fourth-order valence-corrected chi connectivity index (χ4v) is 13.4. The molecule has 5 heteroatoms. The first kappa shape index (κ1) is 44.2. The first-order chi connectivity index (χ1) is 38.7. The Morgan fingerprint density at radius 3 is 1.04 bits per heavy atom. The Hall–Kier alpha value is -10.1. The number of aromatic nitrogens is 4. The summed E-state index contributed by atoms with van der Waals surface area (Å²) in [6.07, 6.45) is 0. The summed E-state index contributed by atoms with van der Waals surface area (Å²) in [5, 5.41) is 8.49. The van der Waals surface area contributed by atoms with E-state index in [-0.39, 0.29) is 0 Å². The SMILES string of the molecule is c1ccc(-n2c3ccccc3c3cc(-c4ccc(-c5ccc(-c6ccc(-c7ccc8c(c7)c7ccccc7n8-c7ccccc7)cc6)c6sc(-c7ccc(-n8c9ccccc9c9ccccc98)cc7)nc56)cc4)ccc32)cc1. The number of benzene rings is 12. The number of thiazole rings is 1. The Bertz CT molecular complexity index is 4690. The zero-order valence-electron chi connectivity index (χ0n) is 42.3. The third-order valence-corrected chi connectivity index (χ3v) is 17.1. The van der Waals surface area contributed by atoms with Crippen LogP contribution in [0.4, 0.5) is 0 Å². The van der Waals surface area contributed by atoms with Crippen LogP contribution in [0.3, 0.4) is 0 Å². The van der Waals surface area contributed by atoms with Crippen molar-refractivity contribution in [1.29, 1.82) is 0 Å². The normalized spacial score (nSPS) is 11.8. The van der Waals surface area contributed by atoms with Gasteiger partial charge in [-0.3, -0.25) is 0 Å². The van der Waals surface area contributed by atoms with Gasteiger partial charge in [-0.15, -0.1) is 11.3 Å². The van der Waals surface area contributed by atoms with Gasteiger partial charge in [0.2, 0.25) is 0 Å². The van der Waals surface area contributed by atoms with Crippen LogP contribution < -0.4 is 0 Å². The zero-order valence-corrected chi connectivity index (χ0v) is 43.1. The molecule has 4 heterocycles. The molecule has 0 radical (unpaired) electrons. The van der Waals surface area contributed by atoms with Crippen LogP contribution in [0.15, 0.2) is 279 Å². The average Bonchev–Trinajstić information content (AvgIpc) is 4.32. The lowest BCUT2D eigenvalue weighted by atomic mass is 9.95. The summed E-state index contributed by atoms with van der Waals surface area (Å²) in [6.45, 7) is 0. The first-order valence-corrected chi connectivity index (χ1v) is 27.4. The number of hydrogen-bond donors (Lipinski definition) is 0. The van der Waals surface area contributed by atoms with Gasteiger partial charge >= 0.3 is 0 Å². The minimum Gasteiger partial charge on any atom is -0.309 e. The molecular weight excluding hydrogens is 965 g/mol. The van der Waals surface area contributed by atoms with Crippen molar-refractivity contribution >= 4 is 87.0 Å². The smallest absolute Gasteiger partial charge is 0.124 e. The first-order valence-electron chi connectivity index (χ1n) is 26.6. The molecule has 0 aliphatic heterocycles. The van der Waals surface area contributed by atoms with Crippen molar-refractivity contribution in [1.82, 2.24) is 18.7 Å². The molecule has 4 aromatic heterocycles. The zero-order chi connectivity index (χ0) is 51.3. The molecule has 0 spiro atoms. The second kappa shape index (κ2) is 17.8. The van der Waals surface area contributed by atoms with Gasteiger partial charge in [0.1, 0.15) is 5.01 Å². The Balaban J connectivity index is 0.788. The van der Waals surface area contributed by atoms with Crippen LogP contribution in [-0.4, -0.2) is 18.7 Å². The van der Waals surface area contributed by atoms with E-state index in [4.69, 9.17) is 4.98 Å². The van der Waals surface area contributed by atoms with E-state index in [1.165, 1.54) is 97.9 Å². The number of nitrogens with zero attached hydrogens (tertiary/aromatic N) is 4. The molecule has 0 saturated carbocycles. The summed E-state index contributed by atoms with van der Waals surface area (Å²) in [5.74, 6) is 0. The monoisotopic (exact) mass is 1010 g/mol. The quantitative estimate of drug-likeness (QED) is 0.149. The lowest BCUT2D eigenvalue weighted by molar-refractivity contribution is 1.18. The predicted molar refractivity (Wildman–Crippen MR) is 330 cm³/mol. The van der Waals surface area contributed by atoms with E-state index in [2.05, 4.69) is 293 Å². The van der Waals surface area contributed by atoms with Gasteiger partial charge in [-0.1, -0.05) is 182 Å². The van der Waals surface area contributed by atoms with E-state index >= 15 is 0 Å². The molecule has 0 aliphatic rings. The van der Waals surface area contributed by atoms with E-state index in [1.807, 2.05) is 0 Å².